The number of hydroxylamine groups is 4. The average Bonchev–Trinajstić information content (AvgIpc) is 3.94. The van der Waals surface area contributed by atoms with Gasteiger partial charge in [-0.2, -0.15) is 43.2 Å². The van der Waals surface area contributed by atoms with Crippen LogP contribution in [0.25, 0.3) is 0 Å². The van der Waals surface area contributed by atoms with Crippen molar-refractivity contribution in [2.24, 2.45) is 35.5 Å². The maximum atomic E-state index is 13.1. The molecule has 3 saturated heterocycles. The van der Waals surface area contributed by atoms with E-state index in [0.29, 0.717) is 24.6 Å². The molecule has 2 aliphatic carbocycles. The minimum Gasteiger partial charge on any atom is -0.365 e. The Kier molecular flexibility index (Phi) is 8.33. The molecule has 4 bridgehead atoms. The lowest BCUT2D eigenvalue weighted by Gasteiger charge is -2.18. The molecule has 0 spiro atoms. The first-order valence-electron chi connectivity index (χ1n) is 15.2. The third-order valence-corrected chi connectivity index (χ3v) is 12.0. The Labute approximate surface area is 289 Å². The minimum absolute atomic E-state index is 0.0351. The number of halogens is 6. The van der Waals surface area contributed by atoms with Crippen LogP contribution in [-0.2, 0) is 65.1 Å². The maximum absolute atomic E-state index is 13.1. The molecular weight excluding hydrogens is 754 g/mol. The number of fused-ring (bicyclic) bond motifs is 10. The smallest absolute Gasteiger partial charge is 0.365 e. The second-order valence-corrected chi connectivity index (χ2v) is 15.5. The molecule has 4 amide bonds. The molecule has 8 atom stereocenters. The van der Waals surface area contributed by atoms with Crippen molar-refractivity contribution < 1.29 is 75.7 Å². The summed E-state index contributed by atoms with van der Waals surface area (Å²) in [6, 6.07) is 6.78. The molecule has 4 fully saturated rings. The van der Waals surface area contributed by atoms with Crippen molar-refractivity contribution in [3.8, 4) is 0 Å². The predicted molar refractivity (Wildman–Crippen MR) is 156 cm³/mol. The third-order valence-electron chi connectivity index (χ3n) is 9.57. The highest BCUT2D eigenvalue weighted by atomic mass is 32.2. The van der Waals surface area contributed by atoms with E-state index in [9.17, 15) is 62.4 Å². The van der Waals surface area contributed by atoms with E-state index < -0.39 is 113 Å². The number of carbonyl (C=O) groups excluding carboxylic acids is 4. The summed E-state index contributed by atoms with van der Waals surface area (Å²) in [7, 11) is -10.1. The second kappa shape index (κ2) is 12.0. The lowest BCUT2D eigenvalue weighted by molar-refractivity contribution is -0.168. The van der Waals surface area contributed by atoms with Crippen LogP contribution in [0.2, 0.25) is 0 Å². The van der Waals surface area contributed by atoms with Gasteiger partial charge in [-0.25, -0.2) is 0 Å². The van der Waals surface area contributed by atoms with Crippen molar-refractivity contribution in [1.29, 1.82) is 0 Å². The molecule has 0 N–H and O–H groups in total. The third kappa shape index (κ3) is 5.74. The van der Waals surface area contributed by atoms with E-state index in [2.05, 4.69) is 8.57 Å². The van der Waals surface area contributed by atoms with Crippen LogP contribution in [0.5, 0.6) is 0 Å². The standard InChI is InChI=1S/C16H12F3NO5S.C15H10F3NO6S/c17-16(18,19)10-3-1-2-4-11(10)26(23,24)25-20-14(21)12-8-5-6-9(7-8)13(12)15(20)22;16-15(17,18)7-3-1-2-4-10(7)26(22,23)25-19-13(20)11-8-5-6-9(24-8)12(11)14(19)21/h1-6,8-9,12-13H,7H2;1-6,8-9,11-12H. The van der Waals surface area contributed by atoms with Gasteiger partial charge in [-0.15, -0.1) is 18.7 Å². The van der Waals surface area contributed by atoms with E-state index in [1.165, 1.54) is 0 Å². The van der Waals surface area contributed by atoms with Gasteiger partial charge in [0.15, 0.2) is 0 Å². The highest BCUT2D eigenvalue weighted by molar-refractivity contribution is 7.87. The molecule has 13 nitrogen and oxygen atoms in total. The van der Waals surface area contributed by atoms with Crippen LogP contribution >= 0.6 is 0 Å². The number of imide groups is 2. The topological polar surface area (TPSA) is 171 Å². The van der Waals surface area contributed by atoms with Gasteiger partial charge in [0.1, 0.15) is 9.79 Å². The summed E-state index contributed by atoms with van der Waals surface area (Å²) in [6.07, 6.45) is -3.88. The van der Waals surface area contributed by atoms with Crippen molar-refractivity contribution in [2.75, 3.05) is 0 Å². The second-order valence-electron chi connectivity index (χ2n) is 12.5. The normalized spacial score (nSPS) is 30.3. The van der Waals surface area contributed by atoms with Crippen LogP contribution in [0.15, 0.2) is 82.6 Å². The first-order valence-corrected chi connectivity index (χ1v) is 18.0. The Morgan fingerprint density at radius 3 is 1.27 bits per heavy atom. The minimum atomic E-state index is -5.07. The zero-order chi connectivity index (χ0) is 37.7. The molecule has 0 aromatic heterocycles. The Hall–Kier alpha value is -4.44. The molecule has 52 heavy (non-hydrogen) atoms. The summed E-state index contributed by atoms with van der Waals surface area (Å²) < 4.78 is 142. The van der Waals surface area contributed by atoms with Crippen LogP contribution in [0.4, 0.5) is 26.3 Å². The van der Waals surface area contributed by atoms with Gasteiger partial charge in [-0.1, -0.05) is 48.6 Å². The molecule has 21 heteroatoms. The Balaban J connectivity index is 0.000000162. The summed E-state index contributed by atoms with van der Waals surface area (Å²) in [5.74, 6) is -7.24. The van der Waals surface area contributed by atoms with Crippen LogP contribution in [-0.4, -0.2) is 62.8 Å². The quantitative estimate of drug-likeness (QED) is 0.239. The lowest BCUT2D eigenvalue weighted by atomic mass is 9.85. The zero-order valence-electron chi connectivity index (χ0n) is 25.7. The van der Waals surface area contributed by atoms with E-state index in [-0.39, 0.29) is 22.0 Å². The van der Waals surface area contributed by atoms with Gasteiger partial charge in [-0.3, -0.25) is 19.2 Å². The number of ether oxygens (including phenoxy) is 1. The van der Waals surface area contributed by atoms with Gasteiger partial charge in [0.25, 0.3) is 23.6 Å². The largest absolute Gasteiger partial charge is 0.417 e. The Bertz CT molecular complexity index is 1970. The van der Waals surface area contributed by atoms with Gasteiger partial charge in [0.2, 0.25) is 0 Å². The van der Waals surface area contributed by atoms with Crippen LogP contribution < -0.4 is 0 Å². The van der Waals surface area contributed by atoms with Crippen LogP contribution in [0.3, 0.4) is 0 Å². The monoisotopic (exact) mass is 776 g/mol. The first-order chi connectivity index (χ1) is 24.2. The van der Waals surface area contributed by atoms with E-state index in [1.807, 2.05) is 0 Å². The van der Waals surface area contributed by atoms with Crippen molar-refractivity contribution >= 4 is 43.9 Å². The fourth-order valence-corrected chi connectivity index (χ4v) is 9.66. The molecule has 8 unspecified atom stereocenters. The summed E-state index contributed by atoms with van der Waals surface area (Å²) in [5, 5.41) is 0.150. The molecule has 0 radical (unpaired) electrons. The highest BCUT2D eigenvalue weighted by Gasteiger charge is 2.63. The summed E-state index contributed by atoms with van der Waals surface area (Å²) in [5.41, 5.74) is -2.88. The number of alkyl halides is 6. The van der Waals surface area contributed by atoms with Crippen molar-refractivity contribution in [3.63, 3.8) is 0 Å². The molecule has 6 aliphatic rings. The number of amides is 4. The number of hydrogen-bond acceptors (Lipinski definition) is 11. The van der Waals surface area contributed by atoms with Gasteiger partial charge in [-0.05, 0) is 42.5 Å². The fraction of sp³-hybridized carbons (Fsp3) is 0.355. The van der Waals surface area contributed by atoms with Crippen molar-refractivity contribution in [2.45, 2.75) is 40.8 Å². The molecule has 2 aromatic carbocycles. The van der Waals surface area contributed by atoms with Crippen LogP contribution in [0, 0.1) is 35.5 Å². The Morgan fingerprint density at radius 1 is 0.558 bits per heavy atom. The van der Waals surface area contributed by atoms with Crippen LogP contribution in [0.1, 0.15) is 17.5 Å². The van der Waals surface area contributed by atoms with Gasteiger partial charge in [0, 0.05) is 0 Å². The highest BCUT2D eigenvalue weighted by Crippen LogP contribution is 2.53. The maximum Gasteiger partial charge on any atom is 0.417 e. The number of carbonyl (C=O) groups is 4. The summed E-state index contributed by atoms with van der Waals surface area (Å²) in [4.78, 5) is 47.3. The first kappa shape index (κ1) is 35.9. The number of hydrogen-bond donors (Lipinski definition) is 0. The van der Waals surface area contributed by atoms with E-state index >= 15 is 0 Å². The molecule has 1 saturated carbocycles. The molecule has 2 aromatic rings. The van der Waals surface area contributed by atoms with Gasteiger partial charge < -0.3 is 4.74 Å². The van der Waals surface area contributed by atoms with Gasteiger partial charge >= 0.3 is 32.6 Å². The van der Waals surface area contributed by atoms with E-state index in [0.717, 1.165) is 30.3 Å². The summed E-state index contributed by atoms with van der Waals surface area (Å²) in [6.45, 7) is 0. The molecule has 4 aliphatic heterocycles. The van der Waals surface area contributed by atoms with E-state index in [1.54, 1.807) is 24.3 Å². The zero-order valence-corrected chi connectivity index (χ0v) is 27.4. The summed E-state index contributed by atoms with van der Waals surface area (Å²) >= 11 is 0. The fourth-order valence-electron chi connectivity index (χ4n) is 7.41. The lowest BCUT2D eigenvalue weighted by Crippen LogP contribution is -2.36. The molecule has 4 heterocycles. The average molecular weight is 777 g/mol. The number of allylic oxidation sites excluding steroid dienone is 2. The van der Waals surface area contributed by atoms with E-state index in [4.69, 9.17) is 4.74 Å². The van der Waals surface area contributed by atoms with Crippen molar-refractivity contribution in [1.82, 2.24) is 10.1 Å². The molecular formula is C31H22F6N2O11S2. The Morgan fingerprint density at radius 2 is 0.904 bits per heavy atom. The number of benzene rings is 2. The predicted octanol–water partition coefficient (Wildman–Crippen LogP) is 3.40. The number of nitrogens with zero attached hydrogens (tertiary/aromatic N) is 2. The van der Waals surface area contributed by atoms with Crippen molar-refractivity contribution in [3.05, 3.63) is 84.0 Å². The molecule has 8 rings (SSSR count). The number of rotatable bonds is 6. The molecule has 276 valence electrons. The van der Waals surface area contributed by atoms with Gasteiger partial charge in [0.05, 0.1) is 47.0 Å². The SMILES string of the molecule is O=C1C2C3C=CC(C3)C2C(=O)N1OS(=O)(=O)c1ccccc1C(F)(F)F.O=C1C2C3C=CC(O3)C2C(=O)N1OS(=O)(=O)c1ccccc1C(F)(F)F.